The fraction of sp³-hybridized carbons (Fsp3) is 0.421. The lowest BCUT2D eigenvalue weighted by Crippen LogP contribution is -2.47. The standard InChI is InChI=1S/C19H21ClN4OS/c1-2-9-24(19(25)17-4-3-12-26-17)14-7-10-23(11-8-14)18-6-5-15(20)16(13-21)22-18/h3-6,12,14H,2,7-11H2,1H3. The van der Waals surface area contributed by atoms with Crippen LogP contribution in [-0.4, -0.2) is 41.5 Å². The quantitative estimate of drug-likeness (QED) is 0.770. The van der Waals surface area contributed by atoms with Gasteiger partial charge in [-0.25, -0.2) is 4.98 Å². The van der Waals surface area contributed by atoms with E-state index < -0.39 is 0 Å². The lowest BCUT2D eigenvalue weighted by atomic mass is 10.0. The van der Waals surface area contributed by atoms with Crippen molar-refractivity contribution in [2.75, 3.05) is 24.5 Å². The number of piperidine rings is 1. The number of hydrogen-bond donors (Lipinski definition) is 0. The molecule has 0 aliphatic carbocycles. The van der Waals surface area contributed by atoms with Gasteiger partial charge < -0.3 is 9.80 Å². The first kappa shape index (κ1) is 18.7. The van der Waals surface area contributed by atoms with E-state index in [2.05, 4.69) is 16.8 Å². The number of nitrogens with zero attached hydrogens (tertiary/aromatic N) is 4. The first-order valence-electron chi connectivity index (χ1n) is 8.80. The van der Waals surface area contributed by atoms with Gasteiger partial charge in [0.25, 0.3) is 5.91 Å². The average molecular weight is 389 g/mol. The Labute approximate surface area is 162 Å². The number of halogens is 1. The molecule has 26 heavy (non-hydrogen) atoms. The van der Waals surface area contributed by atoms with Crippen LogP contribution in [0.2, 0.25) is 5.02 Å². The third-order valence-electron chi connectivity index (χ3n) is 4.62. The summed E-state index contributed by atoms with van der Waals surface area (Å²) in [5.74, 6) is 0.910. The predicted octanol–water partition coefficient (Wildman–Crippen LogP) is 4.19. The molecule has 1 amide bonds. The molecule has 5 nitrogen and oxygen atoms in total. The van der Waals surface area contributed by atoms with Crippen molar-refractivity contribution < 1.29 is 4.79 Å². The van der Waals surface area contributed by atoms with Crippen LogP contribution < -0.4 is 4.90 Å². The van der Waals surface area contributed by atoms with Gasteiger partial charge in [-0.2, -0.15) is 5.26 Å². The summed E-state index contributed by atoms with van der Waals surface area (Å²) in [6.07, 6.45) is 2.73. The Hall–Kier alpha value is -2.10. The largest absolute Gasteiger partial charge is 0.356 e. The number of thiophene rings is 1. The highest BCUT2D eigenvalue weighted by Gasteiger charge is 2.29. The summed E-state index contributed by atoms with van der Waals surface area (Å²) >= 11 is 7.47. The number of carbonyl (C=O) groups excluding carboxylic acids is 1. The summed E-state index contributed by atoms with van der Waals surface area (Å²) in [5, 5.41) is 11.4. The summed E-state index contributed by atoms with van der Waals surface area (Å²) < 4.78 is 0. The van der Waals surface area contributed by atoms with Crippen molar-refractivity contribution in [3.05, 3.63) is 45.2 Å². The SMILES string of the molecule is CCCN(C(=O)c1cccs1)C1CCN(c2ccc(Cl)c(C#N)n2)CC1. The number of hydrogen-bond acceptors (Lipinski definition) is 5. The Morgan fingerprint density at radius 3 is 2.81 bits per heavy atom. The fourth-order valence-corrected chi connectivity index (χ4v) is 4.15. The molecule has 1 saturated heterocycles. The predicted molar refractivity (Wildman–Crippen MR) is 105 cm³/mol. The van der Waals surface area contributed by atoms with Crippen LogP contribution in [0, 0.1) is 11.3 Å². The Kier molecular flexibility index (Phi) is 6.12. The summed E-state index contributed by atoms with van der Waals surface area (Å²) in [6.45, 7) is 4.49. The van der Waals surface area contributed by atoms with Crippen LogP contribution in [0.1, 0.15) is 41.6 Å². The highest BCUT2D eigenvalue weighted by Crippen LogP contribution is 2.25. The molecule has 2 aromatic rings. The van der Waals surface area contributed by atoms with Gasteiger partial charge in [-0.3, -0.25) is 4.79 Å². The highest BCUT2D eigenvalue weighted by atomic mass is 35.5. The molecule has 0 unspecified atom stereocenters. The minimum Gasteiger partial charge on any atom is -0.356 e. The average Bonchev–Trinajstić information content (AvgIpc) is 3.21. The fourth-order valence-electron chi connectivity index (χ4n) is 3.33. The van der Waals surface area contributed by atoms with Crippen molar-refractivity contribution in [2.24, 2.45) is 0 Å². The Bertz CT molecular complexity index is 794. The van der Waals surface area contributed by atoms with Gasteiger partial charge in [0, 0.05) is 25.7 Å². The first-order chi connectivity index (χ1) is 12.6. The van der Waals surface area contributed by atoms with Crippen LogP contribution in [0.15, 0.2) is 29.6 Å². The Balaban J connectivity index is 1.68. The van der Waals surface area contributed by atoms with E-state index in [-0.39, 0.29) is 17.6 Å². The second-order valence-electron chi connectivity index (χ2n) is 6.31. The third-order valence-corrected chi connectivity index (χ3v) is 5.79. The van der Waals surface area contributed by atoms with E-state index >= 15 is 0 Å². The van der Waals surface area contributed by atoms with E-state index in [9.17, 15) is 4.79 Å². The molecule has 0 N–H and O–H groups in total. The van der Waals surface area contributed by atoms with E-state index in [1.165, 1.54) is 11.3 Å². The van der Waals surface area contributed by atoms with E-state index in [4.69, 9.17) is 16.9 Å². The van der Waals surface area contributed by atoms with Crippen molar-refractivity contribution in [3.8, 4) is 6.07 Å². The van der Waals surface area contributed by atoms with Crippen molar-refractivity contribution in [1.82, 2.24) is 9.88 Å². The summed E-state index contributed by atoms with van der Waals surface area (Å²) in [5.41, 5.74) is 0.256. The lowest BCUT2D eigenvalue weighted by molar-refractivity contribution is 0.0655. The van der Waals surface area contributed by atoms with Crippen molar-refractivity contribution in [1.29, 1.82) is 5.26 Å². The molecule has 1 aliphatic rings. The molecule has 136 valence electrons. The molecule has 2 aromatic heterocycles. The van der Waals surface area contributed by atoms with Gasteiger partial charge in [0.2, 0.25) is 0 Å². The number of aromatic nitrogens is 1. The smallest absolute Gasteiger partial charge is 0.264 e. The molecular weight excluding hydrogens is 368 g/mol. The molecule has 3 rings (SSSR count). The summed E-state index contributed by atoms with van der Waals surface area (Å²) in [6, 6.07) is 9.65. The van der Waals surface area contributed by atoms with Crippen molar-refractivity contribution in [3.63, 3.8) is 0 Å². The topological polar surface area (TPSA) is 60.2 Å². The maximum absolute atomic E-state index is 12.8. The van der Waals surface area contributed by atoms with Gasteiger partial charge in [-0.15, -0.1) is 11.3 Å². The maximum atomic E-state index is 12.8. The van der Waals surface area contributed by atoms with E-state index in [1.54, 1.807) is 6.07 Å². The number of nitriles is 1. The normalized spacial score (nSPS) is 14.9. The molecule has 0 saturated carbocycles. The zero-order chi connectivity index (χ0) is 18.5. The van der Waals surface area contributed by atoms with Crippen LogP contribution in [0.25, 0.3) is 0 Å². The summed E-state index contributed by atoms with van der Waals surface area (Å²) in [4.78, 5) is 22.2. The van der Waals surface area contributed by atoms with Crippen LogP contribution >= 0.6 is 22.9 Å². The highest BCUT2D eigenvalue weighted by molar-refractivity contribution is 7.12. The van der Waals surface area contributed by atoms with Crippen LogP contribution in [-0.2, 0) is 0 Å². The lowest BCUT2D eigenvalue weighted by Gasteiger charge is -2.39. The first-order valence-corrected chi connectivity index (χ1v) is 10.1. The second-order valence-corrected chi connectivity index (χ2v) is 7.66. The van der Waals surface area contributed by atoms with Crippen LogP contribution in [0.3, 0.4) is 0 Å². The van der Waals surface area contributed by atoms with Gasteiger partial charge in [-0.1, -0.05) is 24.6 Å². The van der Waals surface area contributed by atoms with Crippen LogP contribution in [0.5, 0.6) is 0 Å². The maximum Gasteiger partial charge on any atom is 0.264 e. The zero-order valence-electron chi connectivity index (χ0n) is 14.7. The van der Waals surface area contributed by atoms with E-state index in [0.717, 1.165) is 49.6 Å². The van der Waals surface area contributed by atoms with Crippen molar-refractivity contribution in [2.45, 2.75) is 32.2 Å². The Morgan fingerprint density at radius 1 is 1.42 bits per heavy atom. The second kappa shape index (κ2) is 8.52. The van der Waals surface area contributed by atoms with Gasteiger partial charge in [-0.05, 0) is 42.8 Å². The molecule has 0 bridgehead atoms. The molecule has 0 aromatic carbocycles. The number of amides is 1. The minimum atomic E-state index is 0.136. The molecule has 7 heteroatoms. The third kappa shape index (κ3) is 4.00. The molecule has 0 spiro atoms. The zero-order valence-corrected chi connectivity index (χ0v) is 16.3. The van der Waals surface area contributed by atoms with Gasteiger partial charge in [0.05, 0.1) is 9.90 Å². The van der Waals surface area contributed by atoms with Gasteiger partial charge >= 0.3 is 0 Å². The summed E-state index contributed by atoms with van der Waals surface area (Å²) in [7, 11) is 0. The molecule has 0 atom stereocenters. The number of pyridine rings is 1. The number of carbonyl (C=O) groups is 1. The molecule has 1 aliphatic heterocycles. The molecular formula is C19H21ClN4OS. The van der Waals surface area contributed by atoms with Gasteiger partial charge in [0.15, 0.2) is 5.69 Å². The molecule has 3 heterocycles. The molecule has 0 radical (unpaired) electrons. The number of rotatable bonds is 5. The van der Waals surface area contributed by atoms with Crippen molar-refractivity contribution >= 4 is 34.7 Å². The monoisotopic (exact) mass is 388 g/mol. The minimum absolute atomic E-state index is 0.136. The molecule has 1 fully saturated rings. The van der Waals surface area contributed by atoms with E-state index in [0.29, 0.717) is 5.02 Å². The Morgan fingerprint density at radius 2 is 2.19 bits per heavy atom. The number of anilines is 1. The van der Waals surface area contributed by atoms with Crippen LogP contribution in [0.4, 0.5) is 5.82 Å². The van der Waals surface area contributed by atoms with Gasteiger partial charge in [0.1, 0.15) is 11.9 Å². The van der Waals surface area contributed by atoms with E-state index in [1.807, 2.05) is 34.5 Å².